The van der Waals surface area contributed by atoms with Crippen LogP contribution in [0.5, 0.6) is 5.75 Å². The molecule has 0 heterocycles. The van der Waals surface area contributed by atoms with Crippen molar-refractivity contribution in [1.82, 2.24) is 4.90 Å². The van der Waals surface area contributed by atoms with Crippen molar-refractivity contribution < 1.29 is 19.0 Å². The number of ether oxygens (including phenoxy) is 1. The molecule has 0 saturated carbocycles. The van der Waals surface area contributed by atoms with Crippen molar-refractivity contribution in [3.8, 4) is 5.75 Å². The first kappa shape index (κ1) is 18.9. The van der Waals surface area contributed by atoms with Gasteiger partial charge in [-0.05, 0) is 41.8 Å². The van der Waals surface area contributed by atoms with E-state index in [4.69, 9.17) is 4.74 Å². The molecule has 1 N–H and O–H groups in total. The second-order valence-corrected chi connectivity index (χ2v) is 6.24. The first-order chi connectivity index (χ1) is 11.9. The molecule has 2 rings (SSSR count). The average molecular weight is 345 g/mol. The number of methoxy groups -OCH3 is 1. The van der Waals surface area contributed by atoms with Crippen LogP contribution < -0.4 is 4.74 Å². The van der Waals surface area contributed by atoms with E-state index in [1.807, 2.05) is 6.92 Å². The molecule has 0 spiro atoms. The van der Waals surface area contributed by atoms with Crippen molar-refractivity contribution in [3.05, 3.63) is 65.5 Å². The maximum Gasteiger partial charge on any atom is 0.225 e. The lowest BCUT2D eigenvalue weighted by Gasteiger charge is -2.24. The molecule has 0 radical (unpaired) electrons. The van der Waals surface area contributed by atoms with Crippen molar-refractivity contribution >= 4 is 5.91 Å². The van der Waals surface area contributed by atoms with Gasteiger partial charge in [0.15, 0.2) is 0 Å². The number of rotatable bonds is 7. The standard InChI is InChI=1S/C20H24FNO3/c1-14(12-15-4-8-17(21)9-5-15)20(24)22(2)13-19(23)16-6-10-18(25-3)11-7-16/h4-11,14,19,23H,12-13H2,1-3H3. The Balaban J connectivity index is 1.92. The number of hydrogen-bond acceptors (Lipinski definition) is 3. The van der Waals surface area contributed by atoms with Crippen molar-refractivity contribution in [1.29, 1.82) is 0 Å². The van der Waals surface area contributed by atoms with E-state index < -0.39 is 6.10 Å². The Morgan fingerprint density at radius 2 is 1.76 bits per heavy atom. The summed E-state index contributed by atoms with van der Waals surface area (Å²) >= 11 is 0. The van der Waals surface area contributed by atoms with Gasteiger partial charge in [0, 0.05) is 13.0 Å². The summed E-state index contributed by atoms with van der Waals surface area (Å²) in [7, 11) is 3.26. The van der Waals surface area contributed by atoms with E-state index in [0.29, 0.717) is 12.2 Å². The lowest BCUT2D eigenvalue weighted by Crippen LogP contribution is -2.35. The molecule has 0 aromatic heterocycles. The highest BCUT2D eigenvalue weighted by atomic mass is 19.1. The summed E-state index contributed by atoms with van der Waals surface area (Å²) in [5.74, 6) is 0.117. The molecule has 0 aliphatic carbocycles. The van der Waals surface area contributed by atoms with Crippen LogP contribution in [0.25, 0.3) is 0 Å². The number of nitrogens with zero attached hydrogens (tertiary/aromatic N) is 1. The van der Waals surface area contributed by atoms with E-state index in [2.05, 4.69) is 0 Å². The van der Waals surface area contributed by atoms with Gasteiger partial charge in [0.1, 0.15) is 11.6 Å². The fraction of sp³-hybridized carbons (Fsp3) is 0.350. The van der Waals surface area contributed by atoms with Crippen LogP contribution in [0.2, 0.25) is 0 Å². The molecular formula is C20H24FNO3. The largest absolute Gasteiger partial charge is 0.497 e. The van der Waals surface area contributed by atoms with Gasteiger partial charge in [-0.2, -0.15) is 0 Å². The number of aliphatic hydroxyl groups is 1. The highest BCUT2D eigenvalue weighted by Gasteiger charge is 2.20. The number of aliphatic hydroxyl groups excluding tert-OH is 1. The van der Waals surface area contributed by atoms with Gasteiger partial charge in [0.05, 0.1) is 19.8 Å². The van der Waals surface area contributed by atoms with Gasteiger partial charge < -0.3 is 14.7 Å². The minimum absolute atomic E-state index is 0.0584. The van der Waals surface area contributed by atoms with Gasteiger partial charge in [0.25, 0.3) is 0 Å². The normalized spacial score (nSPS) is 13.2. The Morgan fingerprint density at radius 1 is 1.16 bits per heavy atom. The summed E-state index contributed by atoms with van der Waals surface area (Å²) in [6.07, 6.45) is -0.236. The summed E-state index contributed by atoms with van der Waals surface area (Å²) in [6, 6.07) is 13.3. The van der Waals surface area contributed by atoms with Crippen molar-refractivity contribution in [2.24, 2.45) is 5.92 Å². The first-order valence-corrected chi connectivity index (χ1v) is 8.22. The minimum atomic E-state index is -0.766. The first-order valence-electron chi connectivity index (χ1n) is 8.22. The molecule has 134 valence electrons. The van der Waals surface area contributed by atoms with Crippen LogP contribution in [-0.2, 0) is 11.2 Å². The molecule has 1 amide bonds. The Kier molecular flexibility index (Phi) is 6.53. The monoisotopic (exact) mass is 345 g/mol. The number of benzene rings is 2. The topological polar surface area (TPSA) is 49.8 Å². The quantitative estimate of drug-likeness (QED) is 0.838. The second-order valence-electron chi connectivity index (χ2n) is 6.24. The second kappa shape index (κ2) is 8.62. The maximum atomic E-state index is 13.0. The Labute approximate surface area is 147 Å². The molecule has 0 aliphatic heterocycles. The molecule has 0 saturated heterocycles. The van der Waals surface area contributed by atoms with Crippen molar-refractivity contribution in [3.63, 3.8) is 0 Å². The minimum Gasteiger partial charge on any atom is -0.497 e. The van der Waals surface area contributed by atoms with Crippen LogP contribution in [0.3, 0.4) is 0 Å². The van der Waals surface area contributed by atoms with E-state index in [1.54, 1.807) is 50.6 Å². The highest BCUT2D eigenvalue weighted by molar-refractivity contribution is 5.78. The third kappa shape index (κ3) is 5.29. The van der Waals surface area contributed by atoms with Crippen LogP contribution in [0.15, 0.2) is 48.5 Å². The van der Waals surface area contributed by atoms with E-state index in [-0.39, 0.29) is 24.2 Å². The zero-order chi connectivity index (χ0) is 18.4. The maximum absolute atomic E-state index is 13.0. The SMILES string of the molecule is COc1ccc(C(O)CN(C)C(=O)C(C)Cc2ccc(F)cc2)cc1. The van der Waals surface area contributed by atoms with E-state index in [1.165, 1.54) is 17.0 Å². The Morgan fingerprint density at radius 3 is 2.32 bits per heavy atom. The lowest BCUT2D eigenvalue weighted by atomic mass is 9.99. The van der Waals surface area contributed by atoms with Gasteiger partial charge in [-0.3, -0.25) is 4.79 Å². The van der Waals surface area contributed by atoms with Crippen LogP contribution in [0.1, 0.15) is 24.2 Å². The number of halogens is 1. The number of likely N-dealkylation sites (N-methyl/N-ethyl adjacent to an activating group) is 1. The molecule has 4 nitrogen and oxygen atoms in total. The molecule has 2 aromatic rings. The van der Waals surface area contributed by atoms with Gasteiger partial charge in [0.2, 0.25) is 5.91 Å². The molecule has 2 aromatic carbocycles. The Hall–Kier alpha value is -2.40. The number of carbonyl (C=O) groups is 1. The van der Waals surface area contributed by atoms with Crippen LogP contribution in [-0.4, -0.2) is 36.6 Å². The predicted molar refractivity (Wildman–Crippen MR) is 94.9 cm³/mol. The highest BCUT2D eigenvalue weighted by Crippen LogP contribution is 2.19. The summed E-state index contributed by atoms with van der Waals surface area (Å²) in [4.78, 5) is 14.0. The van der Waals surface area contributed by atoms with Gasteiger partial charge in [-0.15, -0.1) is 0 Å². The molecule has 0 bridgehead atoms. The lowest BCUT2D eigenvalue weighted by molar-refractivity contribution is -0.134. The summed E-state index contributed by atoms with van der Waals surface area (Å²) in [5.41, 5.74) is 1.64. The van der Waals surface area contributed by atoms with Crippen LogP contribution in [0, 0.1) is 11.7 Å². The zero-order valence-electron chi connectivity index (χ0n) is 14.8. The number of amides is 1. The van der Waals surface area contributed by atoms with E-state index in [0.717, 1.165) is 11.1 Å². The van der Waals surface area contributed by atoms with Gasteiger partial charge >= 0.3 is 0 Å². The van der Waals surface area contributed by atoms with Crippen molar-refractivity contribution in [2.45, 2.75) is 19.4 Å². The van der Waals surface area contributed by atoms with Gasteiger partial charge in [-0.1, -0.05) is 31.2 Å². The third-order valence-electron chi connectivity index (χ3n) is 4.20. The van der Waals surface area contributed by atoms with Crippen LogP contribution >= 0.6 is 0 Å². The number of carbonyl (C=O) groups excluding carboxylic acids is 1. The summed E-state index contributed by atoms with van der Waals surface area (Å²) in [6.45, 7) is 2.04. The molecule has 5 heteroatoms. The molecule has 25 heavy (non-hydrogen) atoms. The third-order valence-corrected chi connectivity index (χ3v) is 4.20. The molecule has 2 unspecified atom stereocenters. The predicted octanol–water partition coefficient (Wildman–Crippen LogP) is 3.20. The van der Waals surface area contributed by atoms with E-state index in [9.17, 15) is 14.3 Å². The number of hydrogen-bond donors (Lipinski definition) is 1. The van der Waals surface area contributed by atoms with E-state index >= 15 is 0 Å². The molecule has 2 atom stereocenters. The molecule has 0 fully saturated rings. The summed E-state index contributed by atoms with van der Waals surface area (Å²) in [5, 5.41) is 10.3. The average Bonchev–Trinajstić information content (AvgIpc) is 2.62. The Bertz CT molecular complexity index is 685. The smallest absolute Gasteiger partial charge is 0.225 e. The zero-order valence-corrected chi connectivity index (χ0v) is 14.8. The van der Waals surface area contributed by atoms with Crippen LogP contribution in [0.4, 0.5) is 4.39 Å². The van der Waals surface area contributed by atoms with Gasteiger partial charge in [-0.25, -0.2) is 4.39 Å². The fourth-order valence-corrected chi connectivity index (χ4v) is 2.72. The summed E-state index contributed by atoms with van der Waals surface area (Å²) < 4.78 is 18.0. The molecular weight excluding hydrogens is 321 g/mol. The van der Waals surface area contributed by atoms with Crippen molar-refractivity contribution in [2.75, 3.05) is 20.7 Å². The fourth-order valence-electron chi connectivity index (χ4n) is 2.72. The molecule has 0 aliphatic rings.